The molecule has 4 aromatic rings. The van der Waals surface area contributed by atoms with Gasteiger partial charge in [-0.3, -0.25) is 14.1 Å². The molecule has 2 heterocycles. The van der Waals surface area contributed by atoms with Crippen molar-refractivity contribution in [2.75, 3.05) is 30.3 Å². The summed E-state index contributed by atoms with van der Waals surface area (Å²) in [6.45, 7) is 3.71. The first kappa shape index (κ1) is 32.4. The van der Waals surface area contributed by atoms with Crippen molar-refractivity contribution in [3.8, 4) is 11.3 Å². The van der Waals surface area contributed by atoms with E-state index in [4.69, 9.17) is 0 Å². The first-order chi connectivity index (χ1) is 21.4. The largest absolute Gasteiger partial charge is 0.351 e. The normalized spacial score (nSPS) is 17.2. The molecule has 2 N–H and O–H groups in total. The second-order valence-corrected chi connectivity index (χ2v) is 13.4. The molecule has 0 unspecified atom stereocenters. The highest BCUT2D eigenvalue weighted by molar-refractivity contribution is 7.91. The van der Waals surface area contributed by atoms with Gasteiger partial charge < -0.3 is 10.2 Å². The number of sulfonamides is 1. The van der Waals surface area contributed by atoms with E-state index in [0.29, 0.717) is 35.3 Å². The summed E-state index contributed by atoms with van der Waals surface area (Å²) in [4.78, 5) is 29.2. The van der Waals surface area contributed by atoms with Gasteiger partial charge in [-0.25, -0.2) is 31.6 Å². The summed E-state index contributed by atoms with van der Waals surface area (Å²) in [6.07, 6.45) is 5.12. The van der Waals surface area contributed by atoms with Crippen molar-refractivity contribution >= 4 is 32.8 Å². The van der Waals surface area contributed by atoms with Crippen LogP contribution in [0.15, 0.2) is 53.5 Å². The maximum absolute atomic E-state index is 15.2. The van der Waals surface area contributed by atoms with Crippen LogP contribution in [0.5, 0.6) is 0 Å². The fraction of sp³-hybridized carbons (Fsp3) is 0.419. The number of hydrogen-bond donors (Lipinski definition) is 2. The SMILES string of the molecule is CC(C)n1c(=O)c(-c2ccc(NS(=O)(=O)Cc3ccc(F)cc3)c(F)c2)nc2cnc(N[C@H]3CC[C@H](N(C)CCF)CC3)nc21. The molecule has 5 rings (SSSR count). The van der Waals surface area contributed by atoms with E-state index < -0.39 is 33.0 Å². The van der Waals surface area contributed by atoms with Crippen LogP contribution in [0.2, 0.25) is 0 Å². The maximum atomic E-state index is 15.2. The van der Waals surface area contributed by atoms with Crippen molar-refractivity contribution in [2.24, 2.45) is 0 Å². The summed E-state index contributed by atoms with van der Waals surface area (Å²) in [5.41, 5.74) is 0.350. The van der Waals surface area contributed by atoms with E-state index in [1.807, 2.05) is 20.9 Å². The van der Waals surface area contributed by atoms with E-state index in [1.54, 1.807) is 0 Å². The zero-order valence-corrected chi connectivity index (χ0v) is 26.1. The molecule has 240 valence electrons. The Labute approximate surface area is 259 Å². The average molecular weight is 644 g/mol. The zero-order valence-electron chi connectivity index (χ0n) is 25.3. The van der Waals surface area contributed by atoms with Crippen molar-refractivity contribution in [3.05, 3.63) is 76.2 Å². The number of nitrogens with zero attached hydrogens (tertiary/aromatic N) is 5. The fourth-order valence-corrected chi connectivity index (χ4v) is 6.85. The first-order valence-electron chi connectivity index (χ1n) is 14.8. The monoisotopic (exact) mass is 643 g/mol. The molecule has 0 radical (unpaired) electrons. The van der Waals surface area contributed by atoms with Gasteiger partial charge in [0.05, 0.1) is 17.6 Å². The lowest BCUT2D eigenvalue weighted by Gasteiger charge is -2.34. The fourth-order valence-electron chi connectivity index (χ4n) is 5.65. The summed E-state index contributed by atoms with van der Waals surface area (Å²) in [5, 5.41) is 3.37. The van der Waals surface area contributed by atoms with Gasteiger partial charge in [0.15, 0.2) is 5.65 Å². The number of alkyl halides is 1. The van der Waals surface area contributed by atoms with Crippen molar-refractivity contribution in [1.82, 2.24) is 24.4 Å². The third-order valence-corrected chi connectivity index (χ3v) is 9.26. The predicted octanol–water partition coefficient (Wildman–Crippen LogP) is 5.28. The second-order valence-electron chi connectivity index (χ2n) is 11.6. The molecular weight excluding hydrogens is 607 g/mol. The number of aromatic nitrogens is 4. The summed E-state index contributed by atoms with van der Waals surface area (Å²) >= 11 is 0. The van der Waals surface area contributed by atoms with Crippen LogP contribution in [0.3, 0.4) is 0 Å². The molecular formula is C31H36F3N7O3S. The predicted molar refractivity (Wildman–Crippen MR) is 168 cm³/mol. The van der Waals surface area contributed by atoms with E-state index in [0.717, 1.165) is 43.9 Å². The van der Waals surface area contributed by atoms with Gasteiger partial charge in [-0.05, 0) is 76.4 Å². The maximum Gasteiger partial charge on any atom is 0.278 e. The molecule has 14 heteroatoms. The lowest BCUT2D eigenvalue weighted by Crippen LogP contribution is -2.39. The van der Waals surface area contributed by atoms with Gasteiger partial charge in [-0.1, -0.05) is 18.2 Å². The smallest absolute Gasteiger partial charge is 0.278 e. The Bertz CT molecular complexity index is 1830. The van der Waals surface area contributed by atoms with Gasteiger partial charge in [-0.15, -0.1) is 0 Å². The van der Waals surface area contributed by atoms with E-state index in [2.05, 4.69) is 29.9 Å². The van der Waals surface area contributed by atoms with Gasteiger partial charge in [0.25, 0.3) is 5.56 Å². The van der Waals surface area contributed by atoms with Crippen LogP contribution < -0.4 is 15.6 Å². The Balaban J connectivity index is 1.37. The molecule has 0 aliphatic heterocycles. The lowest BCUT2D eigenvalue weighted by molar-refractivity contribution is 0.174. The lowest BCUT2D eigenvalue weighted by atomic mass is 9.90. The number of hydrogen-bond acceptors (Lipinski definition) is 8. The molecule has 1 fully saturated rings. The van der Waals surface area contributed by atoms with Gasteiger partial charge in [0, 0.05) is 30.2 Å². The van der Waals surface area contributed by atoms with Gasteiger partial charge in [0.2, 0.25) is 16.0 Å². The molecule has 1 aliphatic carbocycles. The Morgan fingerprint density at radius 3 is 2.40 bits per heavy atom. The summed E-state index contributed by atoms with van der Waals surface area (Å²) in [5.74, 6) is -1.50. The quantitative estimate of drug-likeness (QED) is 0.227. The minimum atomic E-state index is -4.01. The van der Waals surface area contributed by atoms with E-state index >= 15 is 4.39 Å². The Kier molecular flexibility index (Phi) is 9.73. The Hall–Kier alpha value is -4.04. The van der Waals surface area contributed by atoms with Crippen LogP contribution in [0.1, 0.15) is 51.1 Å². The van der Waals surface area contributed by atoms with Crippen molar-refractivity contribution < 1.29 is 21.6 Å². The molecule has 45 heavy (non-hydrogen) atoms. The van der Waals surface area contributed by atoms with Crippen LogP contribution in [0.4, 0.5) is 24.8 Å². The third kappa shape index (κ3) is 7.61. The number of halogens is 3. The highest BCUT2D eigenvalue weighted by Crippen LogP contribution is 2.27. The molecule has 0 amide bonds. The highest BCUT2D eigenvalue weighted by atomic mass is 32.2. The summed E-state index contributed by atoms with van der Waals surface area (Å²) < 4.78 is 70.0. The highest BCUT2D eigenvalue weighted by Gasteiger charge is 2.25. The molecule has 2 aromatic heterocycles. The van der Waals surface area contributed by atoms with Gasteiger partial charge >= 0.3 is 0 Å². The van der Waals surface area contributed by atoms with E-state index in [1.165, 1.54) is 35.0 Å². The van der Waals surface area contributed by atoms with Crippen LogP contribution in [-0.4, -0.2) is 65.2 Å². The molecule has 0 spiro atoms. The van der Waals surface area contributed by atoms with Crippen LogP contribution >= 0.6 is 0 Å². The van der Waals surface area contributed by atoms with E-state index in [9.17, 15) is 22.0 Å². The molecule has 0 bridgehead atoms. The molecule has 10 nitrogen and oxygen atoms in total. The number of fused-ring (bicyclic) bond motifs is 1. The average Bonchev–Trinajstić information content (AvgIpc) is 2.99. The van der Waals surface area contributed by atoms with Crippen LogP contribution in [-0.2, 0) is 15.8 Å². The summed E-state index contributed by atoms with van der Waals surface area (Å²) in [7, 11) is -2.07. The number of anilines is 2. The second kappa shape index (κ2) is 13.5. The molecule has 1 saturated carbocycles. The van der Waals surface area contributed by atoms with E-state index in [-0.39, 0.29) is 35.7 Å². The van der Waals surface area contributed by atoms with Crippen LogP contribution in [0.25, 0.3) is 22.4 Å². The minimum Gasteiger partial charge on any atom is -0.351 e. The van der Waals surface area contributed by atoms with Crippen molar-refractivity contribution in [2.45, 2.75) is 63.4 Å². The van der Waals surface area contributed by atoms with Crippen molar-refractivity contribution in [3.63, 3.8) is 0 Å². The first-order valence-corrected chi connectivity index (χ1v) is 16.5. The van der Waals surface area contributed by atoms with Crippen LogP contribution in [0, 0.1) is 11.6 Å². The minimum absolute atomic E-state index is 0.0316. The zero-order chi connectivity index (χ0) is 32.3. The summed E-state index contributed by atoms with van der Waals surface area (Å²) in [6, 6.07) is 8.82. The van der Waals surface area contributed by atoms with Gasteiger partial charge in [0.1, 0.15) is 29.5 Å². The van der Waals surface area contributed by atoms with Crippen molar-refractivity contribution in [1.29, 1.82) is 0 Å². The number of benzene rings is 2. The number of rotatable bonds is 11. The standard InChI is InChI=1S/C31H36F3N7O3S/c1-19(2)41-29-27(17-35-31(38-29)36-23-9-11-24(12-10-23)40(3)15-14-32)37-28(30(41)42)21-6-13-26(25(34)16-21)39-45(43,44)18-20-4-7-22(33)8-5-20/h4-8,13,16-17,19,23-24,39H,9-12,14-15,18H2,1-3H3,(H,35,36,38)/t23-,24-. The van der Waals surface area contributed by atoms with Gasteiger partial charge in [-0.2, -0.15) is 4.98 Å². The topological polar surface area (TPSA) is 122 Å². The number of nitrogens with one attached hydrogen (secondary N) is 2. The molecule has 2 aromatic carbocycles. The third-order valence-electron chi connectivity index (χ3n) is 8.02. The molecule has 1 aliphatic rings. The molecule has 0 saturated heterocycles. The Morgan fingerprint density at radius 1 is 1.04 bits per heavy atom. The Morgan fingerprint density at radius 2 is 1.76 bits per heavy atom. The molecule has 0 atom stereocenters.